The first kappa shape index (κ1) is 26.4. The van der Waals surface area contributed by atoms with E-state index in [1.54, 1.807) is 48.5 Å². The topological polar surface area (TPSA) is 123 Å². The Kier molecular flexibility index (Phi) is 6.37. The number of piperidine rings is 1. The summed E-state index contributed by atoms with van der Waals surface area (Å²) in [5.74, 6) is -7.33. The van der Waals surface area contributed by atoms with Gasteiger partial charge in [0.25, 0.3) is 11.8 Å². The van der Waals surface area contributed by atoms with Crippen LogP contribution in [0.3, 0.4) is 0 Å². The van der Waals surface area contributed by atoms with E-state index in [1.807, 2.05) is 6.07 Å². The summed E-state index contributed by atoms with van der Waals surface area (Å²) < 4.78 is 30.0. The third-order valence-corrected chi connectivity index (χ3v) is 9.16. The second kappa shape index (κ2) is 9.66. The van der Waals surface area contributed by atoms with Crippen LogP contribution in [-0.2, 0) is 20.0 Å². The van der Waals surface area contributed by atoms with E-state index in [1.165, 1.54) is 0 Å². The number of benzene rings is 2. The van der Waals surface area contributed by atoms with E-state index in [0.29, 0.717) is 35.2 Å². The second-order valence-electron chi connectivity index (χ2n) is 11.3. The average Bonchev–Trinajstić information content (AvgIpc) is 3.58. The molecule has 3 N–H and O–H groups in total. The molecule has 40 heavy (non-hydrogen) atoms. The maximum Gasteiger partial charge on any atom is 0.264 e. The Hall–Kier alpha value is -3.84. The number of nitrogens with one attached hydrogen (secondary N) is 2. The molecular weight excluding hydrogens is 518 g/mol. The fraction of sp³-hybridized carbons (Fsp3) is 0.467. The van der Waals surface area contributed by atoms with Crippen molar-refractivity contribution in [3.63, 3.8) is 0 Å². The minimum atomic E-state index is -3.07. The first-order valence-corrected chi connectivity index (χ1v) is 13.7. The molecule has 4 aliphatic rings. The molecule has 0 aromatic heterocycles. The van der Waals surface area contributed by atoms with Gasteiger partial charge in [-0.05, 0) is 42.7 Å². The van der Waals surface area contributed by atoms with E-state index >= 15 is 0 Å². The molecule has 0 radical (unpaired) electrons. The van der Waals surface area contributed by atoms with Crippen LogP contribution in [0.1, 0.15) is 43.2 Å². The number of alkyl halides is 2. The summed E-state index contributed by atoms with van der Waals surface area (Å²) in [6.07, 6.45) is 1.07. The molecule has 5 atom stereocenters. The Bertz CT molecular complexity index is 1380. The summed E-state index contributed by atoms with van der Waals surface area (Å²) in [6, 6.07) is 13.5. The van der Waals surface area contributed by atoms with Crippen molar-refractivity contribution in [3.05, 3.63) is 59.7 Å². The number of likely N-dealkylation sites (tertiary alicyclic amines) is 1. The molecule has 10 heteroatoms. The molecule has 208 valence electrons. The molecule has 3 fully saturated rings. The normalized spacial score (nSPS) is 28.1. The fourth-order valence-corrected chi connectivity index (χ4v) is 7.20. The molecule has 2 aromatic rings. The van der Waals surface area contributed by atoms with E-state index in [9.17, 15) is 33.5 Å². The third kappa shape index (κ3) is 3.98. The monoisotopic (exact) mass is 548 g/mol. The van der Waals surface area contributed by atoms with Crippen molar-refractivity contribution in [1.82, 2.24) is 15.5 Å². The van der Waals surface area contributed by atoms with Gasteiger partial charge in [0.15, 0.2) is 5.60 Å². The molecule has 2 aliphatic heterocycles. The summed E-state index contributed by atoms with van der Waals surface area (Å²) in [5, 5.41) is 27.3. The summed E-state index contributed by atoms with van der Waals surface area (Å²) >= 11 is 0. The number of fused-ring (bicyclic) bond motifs is 4. The van der Waals surface area contributed by atoms with Crippen molar-refractivity contribution in [2.24, 2.45) is 17.8 Å². The number of nitriles is 1. The second-order valence-corrected chi connectivity index (χ2v) is 11.3. The van der Waals surface area contributed by atoms with Gasteiger partial charge in [-0.1, -0.05) is 48.5 Å². The van der Waals surface area contributed by atoms with Crippen molar-refractivity contribution in [3.8, 4) is 17.2 Å². The smallest absolute Gasteiger partial charge is 0.264 e. The Balaban J connectivity index is 1.33. The van der Waals surface area contributed by atoms with Crippen LogP contribution in [0.5, 0.6) is 0 Å². The van der Waals surface area contributed by atoms with Crippen LogP contribution in [0.25, 0.3) is 11.1 Å². The molecular formula is C30H30F2N4O4. The van der Waals surface area contributed by atoms with E-state index < -0.39 is 59.6 Å². The quantitative estimate of drug-likeness (QED) is 0.531. The average molecular weight is 549 g/mol. The Morgan fingerprint density at radius 3 is 2.40 bits per heavy atom. The molecule has 2 aromatic carbocycles. The largest absolute Gasteiger partial charge is 0.372 e. The lowest BCUT2D eigenvalue weighted by Crippen LogP contribution is -2.56. The van der Waals surface area contributed by atoms with Gasteiger partial charge in [-0.3, -0.25) is 14.4 Å². The highest BCUT2D eigenvalue weighted by molar-refractivity contribution is 6.01. The molecule has 1 saturated carbocycles. The van der Waals surface area contributed by atoms with Gasteiger partial charge in [0, 0.05) is 42.5 Å². The number of aliphatic hydroxyl groups is 1. The first-order valence-electron chi connectivity index (χ1n) is 13.7. The first-order chi connectivity index (χ1) is 19.2. The summed E-state index contributed by atoms with van der Waals surface area (Å²) in [4.78, 5) is 41.4. The Morgan fingerprint density at radius 2 is 1.77 bits per heavy atom. The highest BCUT2D eigenvalue weighted by Crippen LogP contribution is 2.54. The maximum absolute atomic E-state index is 15.0. The number of amides is 3. The van der Waals surface area contributed by atoms with Gasteiger partial charge >= 0.3 is 0 Å². The Morgan fingerprint density at radius 1 is 1.12 bits per heavy atom. The molecule has 0 bridgehead atoms. The number of carbonyl (C=O) groups excluding carboxylic acids is 3. The number of halogens is 2. The number of rotatable bonds is 5. The van der Waals surface area contributed by atoms with Gasteiger partial charge in [-0.15, -0.1) is 0 Å². The van der Waals surface area contributed by atoms with E-state index in [4.69, 9.17) is 0 Å². The molecule has 2 saturated heterocycles. The van der Waals surface area contributed by atoms with Gasteiger partial charge in [0.2, 0.25) is 11.8 Å². The maximum atomic E-state index is 15.0. The molecule has 6 rings (SSSR count). The van der Waals surface area contributed by atoms with Crippen LogP contribution in [-0.4, -0.2) is 58.8 Å². The zero-order chi connectivity index (χ0) is 28.2. The van der Waals surface area contributed by atoms with Gasteiger partial charge < -0.3 is 20.6 Å². The van der Waals surface area contributed by atoms with Crippen LogP contribution >= 0.6 is 0 Å². The predicted octanol–water partition coefficient (Wildman–Crippen LogP) is 2.70. The van der Waals surface area contributed by atoms with Gasteiger partial charge in [0.05, 0.1) is 6.07 Å². The van der Waals surface area contributed by atoms with Crippen molar-refractivity contribution in [2.45, 2.75) is 55.7 Å². The lowest BCUT2D eigenvalue weighted by molar-refractivity contribution is -0.153. The molecule has 0 spiro atoms. The summed E-state index contributed by atoms with van der Waals surface area (Å²) in [6.45, 7) is 0.175. The highest BCUT2D eigenvalue weighted by atomic mass is 19.3. The van der Waals surface area contributed by atoms with Gasteiger partial charge in [0.1, 0.15) is 12.1 Å². The van der Waals surface area contributed by atoms with E-state index in [0.717, 1.165) is 11.3 Å². The molecule has 8 nitrogen and oxygen atoms in total. The fourth-order valence-electron chi connectivity index (χ4n) is 7.20. The van der Waals surface area contributed by atoms with E-state index in [-0.39, 0.29) is 25.3 Å². The molecule has 2 aliphatic carbocycles. The zero-order valence-corrected chi connectivity index (χ0v) is 21.8. The van der Waals surface area contributed by atoms with Crippen LogP contribution in [0.4, 0.5) is 8.78 Å². The van der Waals surface area contributed by atoms with Crippen molar-refractivity contribution >= 4 is 17.7 Å². The minimum Gasteiger partial charge on any atom is -0.372 e. The van der Waals surface area contributed by atoms with E-state index in [2.05, 4.69) is 10.6 Å². The number of hydrogen-bond donors (Lipinski definition) is 3. The molecule has 0 unspecified atom stereocenters. The third-order valence-electron chi connectivity index (χ3n) is 9.16. The lowest BCUT2D eigenvalue weighted by atomic mass is 9.88. The molecule has 2 heterocycles. The van der Waals surface area contributed by atoms with Crippen LogP contribution in [0.15, 0.2) is 48.5 Å². The molecule has 3 amide bonds. The summed E-state index contributed by atoms with van der Waals surface area (Å²) in [7, 11) is 0. The summed E-state index contributed by atoms with van der Waals surface area (Å²) in [5.41, 5.74) is -0.163. The minimum absolute atomic E-state index is 0.0351. The predicted molar refractivity (Wildman–Crippen MR) is 139 cm³/mol. The van der Waals surface area contributed by atoms with Crippen LogP contribution in [0, 0.1) is 29.1 Å². The number of hydrogen-bond acceptors (Lipinski definition) is 5. The number of nitrogens with zero attached hydrogens (tertiary/aromatic N) is 2. The van der Waals surface area contributed by atoms with Gasteiger partial charge in [-0.25, -0.2) is 8.78 Å². The zero-order valence-electron chi connectivity index (χ0n) is 21.8. The lowest BCUT2D eigenvalue weighted by Gasteiger charge is -2.34. The van der Waals surface area contributed by atoms with Crippen LogP contribution in [0.2, 0.25) is 0 Å². The van der Waals surface area contributed by atoms with Crippen LogP contribution < -0.4 is 10.6 Å². The van der Waals surface area contributed by atoms with Crippen molar-refractivity contribution in [1.29, 1.82) is 5.26 Å². The standard InChI is InChI=1S/C30H30F2N4O4/c31-29(32)12-11-21-24(29)16-36(25(21)27(38)35-18(15-33)14-17-6-5-13-34-26(17)37)28(39)30(40)22-9-3-1-7-19(22)20-8-2-4-10-23(20)30/h1-4,7-10,17-18,21,24-25,40H,5-6,11-14,16H2,(H,34,37)(H,35,38)/t17-,18+,21-,24-,25-/m1/s1. The highest BCUT2D eigenvalue weighted by Gasteiger charge is 2.63. The van der Waals surface area contributed by atoms with Crippen molar-refractivity contribution in [2.75, 3.05) is 13.1 Å². The number of carbonyl (C=O) groups is 3. The Labute approximate surface area is 230 Å². The van der Waals surface area contributed by atoms with Crippen molar-refractivity contribution < 1.29 is 28.3 Å². The van der Waals surface area contributed by atoms with Gasteiger partial charge in [-0.2, -0.15) is 5.26 Å². The SMILES string of the molecule is N#C[C@H](C[C@H]1CCCNC1=O)NC(=O)[C@H]1[C@@H]2CCC(F)(F)[C@@H]2CN1C(=O)C1(O)c2ccccc2-c2ccccc21.